The van der Waals surface area contributed by atoms with Gasteiger partial charge in [0, 0.05) is 12.4 Å². The summed E-state index contributed by atoms with van der Waals surface area (Å²) in [6, 6.07) is 4.91. The maximum Gasteiger partial charge on any atom is 0.335 e. The first kappa shape index (κ1) is 12.5. The molecule has 1 aromatic heterocycles. The molecule has 0 radical (unpaired) electrons. The summed E-state index contributed by atoms with van der Waals surface area (Å²) in [6.45, 7) is 1.71. The predicted molar refractivity (Wildman–Crippen MR) is 67.9 cm³/mol. The molecule has 0 unspecified atom stereocenters. The van der Waals surface area contributed by atoms with Crippen LogP contribution in [0.1, 0.15) is 15.9 Å². The van der Waals surface area contributed by atoms with Gasteiger partial charge in [0.05, 0.1) is 10.0 Å². The van der Waals surface area contributed by atoms with Crippen LogP contribution in [0.25, 0.3) is 0 Å². The molecule has 1 aromatic carbocycles. The van der Waals surface area contributed by atoms with Crippen LogP contribution in [0.3, 0.4) is 0 Å². The van der Waals surface area contributed by atoms with E-state index in [-0.39, 0.29) is 11.6 Å². The van der Waals surface area contributed by atoms with Gasteiger partial charge in [-0.1, -0.05) is 0 Å². The quantitative estimate of drug-likeness (QED) is 0.943. The third-order valence-corrected chi connectivity index (χ3v) is 2.64. The van der Waals surface area contributed by atoms with Crippen molar-refractivity contribution < 1.29 is 14.6 Å². The van der Waals surface area contributed by atoms with Crippen LogP contribution >= 0.6 is 15.9 Å². The molecule has 2 rings (SSSR count). The van der Waals surface area contributed by atoms with Gasteiger partial charge in [-0.15, -0.1) is 0 Å². The number of nitrogens with zero attached hydrogens (tertiary/aromatic N) is 2. The van der Waals surface area contributed by atoms with Crippen LogP contribution in [0.5, 0.6) is 11.8 Å². The number of hydrogen-bond donors (Lipinski definition) is 1. The highest BCUT2D eigenvalue weighted by molar-refractivity contribution is 9.10. The van der Waals surface area contributed by atoms with Crippen molar-refractivity contribution >= 4 is 21.9 Å². The Morgan fingerprint density at radius 2 is 2.00 bits per heavy atom. The Bertz CT molecular complexity index is 584. The van der Waals surface area contributed by atoms with E-state index in [9.17, 15) is 4.79 Å². The number of carboxylic acids is 1. The van der Waals surface area contributed by atoms with Gasteiger partial charge in [0.15, 0.2) is 0 Å². The van der Waals surface area contributed by atoms with Crippen molar-refractivity contribution in [2.24, 2.45) is 0 Å². The lowest BCUT2D eigenvalue weighted by Gasteiger charge is -2.06. The summed E-state index contributed by atoms with van der Waals surface area (Å²) < 4.78 is 6.17. The smallest absolute Gasteiger partial charge is 0.335 e. The van der Waals surface area contributed by atoms with E-state index in [1.165, 1.54) is 6.07 Å². The minimum atomic E-state index is -0.959. The molecule has 2 aromatic rings. The summed E-state index contributed by atoms with van der Waals surface area (Å²) in [5.41, 5.74) is 0.871. The summed E-state index contributed by atoms with van der Waals surface area (Å²) in [5.74, 6) is -0.459. The van der Waals surface area contributed by atoms with Gasteiger partial charge in [0.25, 0.3) is 0 Å². The lowest BCUT2D eigenvalue weighted by molar-refractivity contribution is 0.0696. The van der Waals surface area contributed by atoms with E-state index < -0.39 is 5.97 Å². The number of benzene rings is 1. The summed E-state index contributed by atoms with van der Waals surface area (Å²) in [5, 5.41) is 8.91. The second-order valence-electron chi connectivity index (χ2n) is 3.57. The lowest BCUT2D eigenvalue weighted by Crippen LogP contribution is -2.00. The Kier molecular flexibility index (Phi) is 3.57. The summed E-state index contributed by atoms with van der Waals surface area (Å²) in [6.07, 6.45) is 3.14. The van der Waals surface area contributed by atoms with E-state index in [0.29, 0.717) is 11.3 Å². The molecule has 0 spiro atoms. The average molecular weight is 309 g/mol. The zero-order valence-corrected chi connectivity index (χ0v) is 11.0. The number of halogens is 1. The van der Waals surface area contributed by atoms with E-state index >= 15 is 0 Å². The molecule has 0 saturated heterocycles. The van der Waals surface area contributed by atoms with E-state index in [1.54, 1.807) is 31.5 Å². The first-order valence-corrected chi connectivity index (χ1v) is 5.85. The number of aromatic nitrogens is 2. The van der Waals surface area contributed by atoms with Crippen molar-refractivity contribution in [3.63, 3.8) is 0 Å². The molecule has 92 valence electrons. The Labute approximate surface area is 112 Å². The number of rotatable bonds is 3. The van der Waals surface area contributed by atoms with Crippen LogP contribution in [-0.2, 0) is 0 Å². The maximum absolute atomic E-state index is 10.9. The first-order chi connectivity index (χ1) is 8.56. The fraction of sp³-hybridized carbons (Fsp3) is 0.0833. The molecular formula is C12H9BrN2O3. The fourth-order valence-corrected chi connectivity index (χ4v) is 1.60. The SMILES string of the molecule is Cc1cc(Oc2ncc(Br)cn2)ccc1C(=O)O. The number of ether oxygens (including phenoxy) is 1. The number of carboxylic acid groups (broad SMARTS) is 1. The maximum atomic E-state index is 10.9. The number of aromatic carboxylic acids is 1. The van der Waals surface area contributed by atoms with Crippen LogP contribution < -0.4 is 4.74 Å². The van der Waals surface area contributed by atoms with Crippen LogP contribution in [0.4, 0.5) is 0 Å². The molecule has 0 amide bonds. The second-order valence-corrected chi connectivity index (χ2v) is 4.48. The summed E-state index contributed by atoms with van der Waals surface area (Å²) in [7, 11) is 0. The van der Waals surface area contributed by atoms with Gasteiger partial charge in [-0.3, -0.25) is 0 Å². The van der Waals surface area contributed by atoms with Crippen molar-refractivity contribution in [1.29, 1.82) is 0 Å². The molecule has 18 heavy (non-hydrogen) atoms. The zero-order valence-electron chi connectivity index (χ0n) is 9.42. The van der Waals surface area contributed by atoms with Crippen molar-refractivity contribution in [1.82, 2.24) is 9.97 Å². The molecule has 6 heteroatoms. The molecule has 0 saturated carbocycles. The highest BCUT2D eigenvalue weighted by Gasteiger charge is 2.08. The van der Waals surface area contributed by atoms with Crippen LogP contribution in [0.15, 0.2) is 35.1 Å². The summed E-state index contributed by atoms with van der Waals surface area (Å²) >= 11 is 3.22. The Hall–Kier alpha value is -1.95. The summed E-state index contributed by atoms with van der Waals surface area (Å²) in [4.78, 5) is 18.8. The van der Waals surface area contributed by atoms with Crippen molar-refractivity contribution in [3.05, 3.63) is 46.2 Å². The van der Waals surface area contributed by atoms with Crippen molar-refractivity contribution in [2.45, 2.75) is 6.92 Å². The molecule has 0 aliphatic carbocycles. The molecule has 1 heterocycles. The third kappa shape index (κ3) is 2.84. The second kappa shape index (κ2) is 5.14. The predicted octanol–water partition coefficient (Wildman–Crippen LogP) is 3.04. The fourth-order valence-electron chi connectivity index (χ4n) is 1.40. The minimum absolute atomic E-state index is 0.209. The molecule has 0 fully saturated rings. The highest BCUT2D eigenvalue weighted by atomic mass is 79.9. The van der Waals surface area contributed by atoms with E-state index in [0.717, 1.165) is 4.47 Å². The Morgan fingerprint density at radius 1 is 1.33 bits per heavy atom. The van der Waals surface area contributed by atoms with Crippen LogP contribution in [-0.4, -0.2) is 21.0 Å². The van der Waals surface area contributed by atoms with Crippen LogP contribution in [0, 0.1) is 6.92 Å². The lowest BCUT2D eigenvalue weighted by atomic mass is 10.1. The van der Waals surface area contributed by atoms with Crippen molar-refractivity contribution in [3.8, 4) is 11.8 Å². The van der Waals surface area contributed by atoms with Crippen molar-refractivity contribution in [2.75, 3.05) is 0 Å². The number of aryl methyl sites for hydroxylation is 1. The molecule has 0 atom stereocenters. The van der Waals surface area contributed by atoms with Gasteiger partial charge in [-0.25, -0.2) is 14.8 Å². The van der Waals surface area contributed by atoms with Gasteiger partial charge >= 0.3 is 12.0 Å². The normalized spacial score (nSPS) is 10.1. The molecule has 0 bridgehead atoms. The Balaban J connectivity index is 2.22. The molecule has 0 aliphatic rings. The zero-order chi connectivity index (χ0) is 13.1. The largest absolute Gasteiger partial charge is 0.478 e. The minimum Gasteiger partial charge on any atom is -0.478 e. The highest BCUT2D eigenvalue weighted by Crippen LogP contribution is 2.21. The average Bonchev–Trinajstić information content (AvgIpc) is 2.32. The van der Waals surface area contributed by atoms with Gasteiger partial charge in [0.2, 0.25) is 0 Å². The van der Waals surface area contributed by atoms with Gasteiger partial charge in [0.1, 0.15) is 5.75 Å². The topological polar surface area (TPSA) is 72.3 Å². The number of hydrogen-bond acceptors (Lipinski definition) is 4. The third-order valence-electron chi connectivity index (χ3n) is 2.23. The van der Waals surface area contributed by atoms with E-state index in [2.05, 4.69) is 25.9 Å². The van der Waals surface area contributed by atoms with E-state index in [4.69, 9.17) is 9.84 Å². The van der Waals surface area contributed by atoms with E-state index in [1.807, 2.05) is 0 Å². The molecule has 5 nitrogen and oxygen atoms in total. The standard InChI is InChI=1S/C12H9BrN2O3/c1-7-4-9(2-3-10(7)11(16)17)18-12-14-5-8(13)6-15-12/h2-6H,1H3,(H,16,17). The van der Waals surface area contributed by atoms with Gasteiger partial charge in [-0.05, 0) is 46.6 Å². The molecule has 1 N–H and O–H groups in total. The molecule has 0 aliphatic heterocycles. The van der Waals surface area contributed by atoms with Crippen LogP contribution in [0.2, 0.25) is 0 Å². The Morgan fingerprint density at radius 3 is 2.56 bits per heavy atom. The van der Waals surface area contributed by atoms with Gasteiger partial charge < -0.3 is 9.84 Å². The van der Waals surface area contributed by atoms with Gasteiger partial charge in [-0.2, -0.15) is 0 Å². The monoisotopic (exact) mass is 308 g/mol. The number of carbonyl (C=O) groups is 1. The first-order valence-electron chi connectivity index (χ1n) is 5.05. The molecular weight excluding hydrogens is 300 g/mol.